The molecular weight excluding hydrogens is 152 g/mol. The van der Waals surface area contributed by atoms with Gasteiger partial charge in [0.2, 0.25) is 5.79 Å². The minimum absolute atomic E-state index is 0.571. The van der Waals surface area contributed by atoms with Crippen LogP contribution in [0.3, 0.4) is 0 Å². The molecule has 12 heavy (non-hydrogen) atoms. The van der Waals surface area contributed by atoms with Gasteiger partial charge in [0.1, 0.15) is 5.75 Å². The Morgan fingerprint density at radius 3 is 2.42 bits per heavy atom. The average Bonchev–Trinajstić information content (AvgIpc) is 2.06. The van der Waals surface area contributed by atoms with E-state index < -0.39 is 5.79 Å². The lowest BCUT2D eigenvalue weighted by molar-refractivity contribution is -0.123. The Bertz CT molecular complexity index is 229. The van der Waals surface area contributed by atoms with E-state index in [9.17, 15) is 5.11 Å². The first kappa shape index (κ1) is 9.07. The summed E-state index contributed by atoms with van der Waals surface area (Å²) in [6.45, 7) is 3.53. The number of ether oxygens (including phenoxy) is 1. The topological polar surface area (TPSA) is 29.5 Å². The Balaban J connectivity index is 2.64. The zero-order chi connectivity index (χ0) is 9.03. The molecule has 66 valence electrons. The van der Waals surface area contributed by atoms with Crippen LogP contribution in [-0.2, 0) is 0 Å². The summed E-state index contributed by atoms with van der Waals surface area (Å²) in [6.07, 6.45) is 0.571. The van der Waals surface area contributed by atoms with E-state index in [1.54, 1.807) is 6.92 Å². The van der Waals surface area contributed by atoms with E-state index in [1.165, 1.54) is 0 Å². The fourth-order valence-corrected chi connectivity index (χ4v) is 0.815. The highest BCUT2D eigenvalue weighted by Gasteiger charge is 2.18. The SMILES string of the molecule is CCC(C)(O)Oc1ccccc1. The summed E-state index contributed by atoms with van der Waals surface area (Å²) in [5, 5.41) is 9.55. The normalized spacial score (nSPS) is 15.2. The van der Waals surface area contributed by atoms with Crippen LogP contribution < -0.4 is 4.74 Å². The van der Waals surface area contributed by atoms with Gasteiger partial charge < -0.3 is 9.84 Å². The van der Waals surface area contributed by atoms with E-state index in [1.807, 2.05) is 37.3 Å². The number of hydrogen-bond acceptors (Lipinski definition) is 2. The lowest BCUT2D eigenvalue weighted by atomic mass is 10.2. The highest BCUT2D eigenvalue weighted by Crippen LogP contribution is 2.17. The van der Waals surface area contributed by atoms with Crippen molar-refractivity contribution < 1.29 is 9.84 Å². The first-order valence-electron chi connectivity index (χ1n) is 4.10. The van der Waals surface area contributed by atoms with Gasteiger partial charge in [-0.2, -0.15) is 0 Å². The van der Waals surface area contributed by atoms with Crippen LogP contribution in [0, 0.1) is 0 Å². The lowest BCUT2D eigenvalue weighted by Crippen LogP contribution is -2.30. The molecule has 0 aliphatic carbocycles. The molecular formula is C10H14O2. The van der Waals surface area contributed by atoms with Crippen molar-refractivity contribution in [3.8, 4) is 5.75 Å². The average molecular weight is 166 g/mol. The van der Waals surface area contributed by atoms with Crippen LogP contribution in [0.25, 0.3) is 0 Å². The number of para-hydroxylation sites is 1. The second-order valence-electron chi connectivity index (χ2n) is 2.94. The molecule has 0 amide bonds. The molecule has 1 N–H and O–H groups in total. The van der Waals surface area contributed by atoms with Gasteiger partial charge in [-0.25, -0.2) is 0 Å². The van der Waals surface area contributed by atoms with Crippen LogP contribution in [-0.4, -0.2) is 10.9 Å². The summed E-state index contributed by atoms with van der Waals surface area (Å²) >= 11 is 0. The third-order valence-electron chi connectivity index (χ3n) is 1.74. The number of hydrogen-bond donors (Lipinski definition) is 1. The first-order chi connectivity index (χ1) is 5.64. The van der Waals surface area contributed by atoms with Crippen LogP contribution in [0.4, 0.5) is 0 Å². The minimum atomic E-state index is -1.05. The quantitative estimate of drug-likeness (QED) is 0.697. The summed E-state index contributed by atoms with van der Waals surface area (Å²) in [7, 11) is 0. The predicted octanol–water partition coefficient (Wildman–Crippen LogP) is 2.18. The third kappa shape index (κ3) is 2.55. The summed E-state index contributed by atoms with van der Waals surface area (Å²) in [5.74, 6) is -0.356. The molecule has 0 aliphatic rings. The lowest BCUT2D eigenvalue weighted by Gasteiger charge is -2.22. The number of benzene rings is 1. The highest BCUT2D eigenvalue weighted by atomic mass is 16.6. The Morgan fingerprint density at radius 2 is 1.92 bits per heavy atom. The molecule has 1 unspecified atom stereocenters. The van der Waals surface area contributed by atoms with Crippen molar-refractivity contribution in [2.24, 2.45) is 0 Å². The molecule has 0 saturated carbocycles. The first-order valence-corrected chi connectivity index (χ1v) is 4.10. The molecule has 0 radical (unpaired) electrons. The molecule has 0 fully saturated rings. The fourth-order valence-electron chi connectivity index (χ4n) is 0.815. The molecule has 0 heterocycles. The van der Waals surface area contributed by atoms with Crippen molar-refractivity contribution in [2.45, 2.75) is 26.1 Å². The Kier molecular flexibility index (Phi) is 2.71. The minimum Gasteiger partial charge on any atom is -0.463 e. The van der Waals surface area contributed by atoms with Gasteiger partial charge in [-0.15, -0.1) is 0 Å². The molecule has 0 spiro atoms. The van der Waals surface area contributed by atoms with Crippen molar-refractivity contribution in [1.29, 1.82) is 0 Å². The molecule has 2 heteroatoms. The van der Waals surface area contributed by atoms with Crippen molar-refractivity contribution >= 4 is 0 Å². The van der Waals surface area contributed by atoms with Crippen LogP contribution in [0.2, 0.25) is 0 Å². The molecule has 0 bridgehead atoms. The van der Waals surface area contributed by atoms with Crippen molar-refractivity contribution in [2.75, 3.05) is 0 Å². The predicted molar refractivity (Wildman–Crippen MR) is 48.0 cm³/mol. The van der Waals surface area contributed by atoms with E-state index in [-0.39, 0.29) is 0 Å². The molecule has 1 aromatic rings. The smallest absolute Gasteiger partial charge is 0.204 e. The largest absolute Gasteiger partial charge is 0.463 e. The van der Waals surface area contributed by atoms with Crippen molar-refractivity contribution in [3.05, 3.63) is 30.3 Å². The van der Waals surface area contributed by atoms with Crippen LogP contribution in [0.5, 0.6) is 5.75 Å². The van der Waals surface area contributed by atoms with Gasteiger partial charge in [0.25, 0.3) is 0 Å². The number of rotatable bonds is 3. The third-order valence-corrected chi connectivity index (χ3v) is 1.74. The Morgan fingerprint density at radius 1 is 1.33 bits per heavy atom. The second kappa shape index (κ2) is 3.59. The van der Waals surface area contributed by atoms with Gasteiger partial charge in [-0.1, -0.05) is 25.1 Å². The van der Waals surface area contributed by atoms with E-state index >= 15 is 0 Å². The summed E-state index contributed by atoms with van der Waals surface area (Å²) < 4.78 is 5.31. The molecule has 2 nitrogen and oxygen atoms in total. The van der Waals surface area contributed by atoms with E-state index in [0.717, 1.165) is 0 Å². The Labute approximate surface area is 72.8 Å². The van der Waals surface area contributed by atoms with Gasteiger partial charge in [0, 0.05) is 13.3 Å². The molecule has 0 saturated heterocycles. The van der Waals surface area contributed by atoms with Gasteiger partial charge in [0.05, 0.1) is 0 Å². The van der Waals surface area contributed by atoms with Gasteiger partial charge >= 0.3 is 0 Å². The maximum absolute atomic E-state index is 9.55. The maximum Gasteiger partial charge on any atom is 0.204 e. The summed E-state index contributed by atoms with van der Waals surface area (Å²) in [4.78, 5) is 0. The fraction of sp³-hybridized carbons (Fsp3) is 0.400. The van der Waals surface area contributed by atoms with Crippen LogP contribution >= 0.6 is 0 Å². The van der Waals surface area contributed by atoms with E-state index in [0.29, 0.717) is 12.2 Å². The zero-order valence-corrected chi connectivity index (χ0v) is 7.45. The molecule has 0 aromatic heterocycles. The molecule has 1 atom stereocenters. The zero-order valence-electron chi connectivity index (χ0n) is 7.45. The number of aliphatic hydroxyl groups is 1. The van der Waals surface area contributed by atoms with Crippen LogP contribution in [0.15, 0.2) is 30.3 Å². The highest BCUT2D eigenvalue weighted by molar-refractivity contribution is 5.21. The standard InChI is InChI=1S/C10H14O2/c1-3-10(2,11)12-9-7-5-4-6-8-9/h4-8,11H,3H2,1-2H3. The van der Waals surface area contributed by atoms with Crippen LogP contribution in [0.1, 0.15) is 20.3 Å². The van der Waals surface area contributed by atoms with Gasteiger partial charge in [0.15, 0.2) is 0 Å². The van der Waals surface area contributed by atoms with Gasteiger partial charge in [-0.3, -0.25) is 0 Å². The molecule has 0 aliphatic heterocycles. The monoisotopic (exact) mass is 166 g/mol. The molecule has 1 rings (SSSR count). The maximum atomic E-state index is 9.55. The van der Waals surface area contributed by atoms with E-state index in [4.69, 9.17) is 4.74 Å². The van der Waals surface area contributed by atoms with E-state index in [2.05, 4.69) is 0 Å². The second-order valence-corrected chi connectivity index (χ2v) is 2.94. The summed E-state index contributed by atoms with van der Waals surface area (Å²) in [6, 6.07) is 9.31. The molecule has 1 aromatic carbocycles. The Hall–Kier alpha value is -1.02. The van der Waals surface area contributed by atoms with Crippen molar-refractivity contribution in [3.63, 3.8) is 0 Å². The van der Waals surface area contributed by atoms with Gasteiger partial charge in [-0.05, 0) is 12.1 Å². The van der Waals surface area contributed by atoms with Crippen molar-refractivity contribution in [1.82, 2.24) is 0 Å². The summed E-state index contributed by atoms with van der Waals surface area (Å²) in [5.41, 5.74) is 0.